The Morgan fingerprint density at radius 3 is 2.11 bits per heavy atom. The van der Waals surface area contributed by atoms with Crippen LogP contribution in [0.5, 0.6) is 0 Å². The number of carbonyl (C=O) groups excluding carboxylic acids is 2. The molecular weight excluding hydrogens is 378 g/mol. The van der Waals surface area contributed by atoms with Crippen molar-refractivity contribution in [3.63, 3.8) is 0 Å². The Balaban J connectivity index is 3.11. The number of hydrogen-bond acceptors (Lipinski definition) is 5. The van der Waals surface area contributed by atoms with Crippen LogP contribution in [-0.2, 0) is 23.5 Å². The van der Waals surface area contributed by atoms with Crippen molar-refractivity contribution in [2.45, 2.75) is 73.2 Å². The van der Waals surface area contributed by atoms with Crippen LogP contribution < -0.4 is 0 Å². The number of carbonyl (C=O) groups is 3. The summed E-state index contributed by atoms with van der Waals surface area (Å²) in [6, 6.07) is -0.556. The summed E-state index contributed by atoms with van der Waals surface area (Å²) >= 11 is 0. The average Bonchev–Trinajstić information content (AvgIpc) is 2.48. The Bertz CT molecular complexity index is 592. The minimum atomic E-state index is -1.29. The van der Waals surface area contributed by atoms with Gasteiger partial charge in [0.2, 0.25) is 5.91 Å². The third kappa shape index (κ3) is 6.30. The molecule has 8 heteroatoms. The molecule has 7 nitrogen and oxygen atoms in total. The lowest BCUT2D eigenvalue weighted by atomic mass is 9.64. The second-order valence-corrected chi connectivity index (χ2v) is 12.5. The Kier molecular flexibility index (Phi) is 7.87. The maximum absolute atomic E-state index is 13.0. The van der Waals surface area contributed by atoms with E-state index in [0.29, 0.717) is 6.61 Å². The molecule has 0 unspecified atom stereocenters. The van der Waals surface area contributed by atoms with Crippen molar-refractivity contribution in [2.24, 2.45) is 23.2 Å². The van der Waals surface area contributed by atoms with Crippen molar-refractivity contribution in [2.75, 3.05) is 13.2 Å². The van der Waals surface area contributed by atoms with Crippen LogP contribution >= 0.6 is 0 Å². The number of rotatable bonds is 8. The topological polar surface area (TPSA) is 93.1 Å². The monoisotopic (exact) mass is 415 g/mol. The van der Waals surface area contributed by atoms with E-state index in [1.165, 1.54) is 4.90 Å². The predicted octanol–water partition coefficient (Wildman–Crippen LogP) is 2.54. The zero-order valence-electron chi connectivity index (χ0n) is 18.7. The number of likely N-dealkylation sites (tertiary alicyclic amines) is 1. The minimum Gasteiger partial charge on any atom is -0.481 e. The fourth-order valence-corrected chi connectivity index (χ4v) is 4.21. The first-order chi connectivity index (χ1) is 12.6. The Hall–Kier alpha value is -1.41. The summed E-state index contributed by atoms with van der Waals surface area (Å²) in [5, 5.41) is 9.58. The van der Waals surface area contributed by atoms with Gasteiger partial charge in [-0.1, -0.05) is 20.8 Å². The summed E-state index contributed by atoms with van der Waals surface area (Å²) in [7, 11) is -1.29. The van der Waals surface area contributed by atoms with Crippen LogP contribution in [0.1, 0.15) is 48.5 Å². The molecule has 0 saturated carbocycles. The van der Waals surface area contributed by atoms with Crippen molar-refractivity contribution in [1.29, 1.82) is 0 Å². The molecule has 1 rings (SSSR count). The first-order valence-electron chi connectivity index (χ1n) is 9.93. The molecule has 0 aromatic carbocycles. The number of ether oxygens (including phenoxy) is 1. The average molecular weight is 416 g/mol. The quantitative estimate of drug-likeness (QED) is 0.372. The van der Waals surface area contributed by atoms with Gasteiger partial charge in [-0.2, -0.15) is 0 Å². The van der Waals surface area contributed by atoms with Gasteiger partial charge in [0.15, 0.2) is 9.04 Å². The van der Waals surface area contributed by atoms with Crippen molar-refractivity contribution >= 4 is 26.9 Å². The van der Waals surface area contributed by atoms with Gasteiger partial charge < -0.3 is 19.2 Å². The lowest BCUT2D eigenvalue weighted by Gasteiger charge is -2.54. The Morgan fingerprint density at radius 1 is 1.18 bits per heavy atom. The molecule has 1 aliphatic rings. The number of nitrogens with zero attached hydrogens (tertiary/aromatic N) is 1. The highest BCUT2D eigenvalue weighted by Crippen LogP contribution is 2.44. The number of β-lactam (4-membered cyclic amide) rings is 1. The zero-order valence-corrected chi connectivity index (χ0v) is 19.9. The number of hydrogen-bond donors (Lipinski definition) is 1. The molecule has 0 aromatic heterocycles. The van der Waals surface area contributed by atoms with E-state index >= 15 is 0 Å². The van der Waals surface area contributed by atoms with Crippen molar-refractivity contribution in [3.05, 3.63) is 0 Å². The number of esters is 1. The van der Waals surface area contributed by atoms with Crippen LogP contribution in [0.3, 0.4) is 0 Å². The molecule has 4 atom stereocenters. The Labute approximate surface area is 170 Å². The molecule has 0 spiro atoms. The number of aliphatic carboxylic acids is 1. The smallest absolute Gasteiger partial charge is 0.326 e. The van der Waals surface area contributed by atoms with Gasteiger partial charge in [0, 0.05) is 6.61 Å². The molecule has 28 heavy (non-hydrogen) atoms. The van der Waals surface area contributed by atoms with Gasteiger partial charge in [0.1, 0.15) is 12.1 Å². The van der Waals surface area contributed by atoms with E-state index < -0.39 is 44.5 Å². The first-order valence-corrected chi connectivity index (χ1v) is 12.7. The van der Waals surface area contributed by atoms with Gasteiger partial charge >= 0.3 is 11.9 Å². The molecular formula is C20H37NO6Si. The van der Waals surface area contributed by atoms with E-state index in [0.717, 1.165) is 0 Å². The van der Waals surface area contributed by atoms with Crippen LogP contribution in [-0.4, -0.2) is 61.7 Å². The normalized spacial score (nSPS) is 22.6. The number of carboxylic acid groups (broad SMARTS) is 1. The van der Waals surface area contributed by atoms with Gasteiger partial charge in [0.25, 0.3) is 0 Å². The molecule has 0 aliphatic carbocycles. The third-order valence-corrected chi connectivity index (χ3v) is 5.93. The maximum atomic E-state index is 13.0. The summed E-state index contributed by atoms with van der Waals surface area (Å²) in [6.45, 7) is 17.3. The third-order valence-electron chi connectivity index (χ3n) is 5.07. The fourth-order valence-electron chi connectivity index (χ4n) is 3.62. The summed E-state index contributed by atoms with van der Waals surface area (Å²) in [4.78, 5) is 38.3. The van der Waals surface area contributed by atoms with E-state index in [4.69, 9.17) is 9.16 Å². The van der Waals surface area contributed by atoms with E-state index in [1.807, 2.05) is 20.8 Å². The van der Waals surface area contributed by atoms with Gasteiger partial charge in [-0.05, 0) is 52.1 Å². The van der Waals surface area contributed by atoms with E-state index in [9.17, 15) is 19.5 Å². The lowest BCUT2D eigenvalue weighted by Crippen LogP contribution is -2.69. The molecule has 1 heterocycles. The second kappa shape index (κ2) is 8.94. The summed E-state index contributed by atoms with van der Waals surface area (Å²) < 4.78 is 11.3. The molecule has 1 aliphatic heterocycles. The number of carboxylic acids is 1. The molecule has 0 aromatic rings. The van der Waals surface area contributed by atoms with Crippen LogP contribution in [0, 0.1) is 23.2 Å². The van der Waals surface area contributed by atoms with E-state index in [-0.39, 0.29) is 23.8 Å². The van der Waals surface area contributed by atoms with Gasteiger partial charge in [0.05, 0.1) is 17.9 Å². The molecule has 162 valence electrons. The second-order valence-electron chi connectivity index (χ2n) is 10.1. The molecule has 1 fully saturated rings. The standard InChI is InChI=1S/C20H37NO6Si/c1-12(18(24)25)16-15(13(19(2,3)4)11-26-28(8)9)17(23)21(16)10-14(22)27-20(5,6)7/h12-13,15-16,28H,10-11H2,1-9H3,(H,24,25)/t12-,13-,15+,16-/m1/s1. The molecule has 0 radical (unpaired) electrons. The summed E-state index contributed by atoms with van der Waals surface area (Å²) in [6.07, 6.45) is 0. The zero-order chi connectivity index (χ0) is 22.0. The highest BCUT2D eigenvalue weighted by atomic mass is 28.3. The highest BCUT2D eigenvalue weighted by Gasteiger charge is 2.57. The first kappa shape index (κ1) is 24.6. The lowest BCUT2D eigenvalue weighted by molar-refractivity contribution is -0.182. The molecule has 0 bridgehead atoms. The summed E-state index contributed by atoms with van der Waals surface area (Å²) in [5.41, 5.74) is -0.903. The Morgan fingerprint density at radius 2 is 1.71 bits per heavy atom. The predicted molar refractivity (Wildman–Crippen MR) is 109 cm³/mol. The fraction of sp³-hybridized carbons (Fsp3) is 0.850. The molecule has 1 amide bonds. The van der Waals surface area contributed by atoms with Gasteiger partial charge in [-0.15, -0.1) is 0 Å². The molecule has 1 N–H and O–H groups in total. The maximum Gasteiger partial charge on any atom is 0.326 e. The van der Waals surface area contributed by atoms with Crippen LogP contribution in [0.15, 0.2) is 0 Å². The SMILES string of the molecule is C[C@@H](C(=O)O)[C@@H]1[C@H]([C@@H](CO[SiH](C)C)C(C)(C)C)C(=O)N1CC(=O)OC(C)(C)C. The van der Waals surface area contributed by atoms with Crippen LogP contribution in [0.25, 0.3) is 0 Å². The number of amides is 1. The van der Waals surface area contributed by atoms with Gasteiger partial charge in [-0.25, -0.2) is 0 Å². The minimum absolute atomic E-state index is 0.128. The van der Waals surface area contributed by atoms with Crippen molar-refractivity contribution < 1.29 is 28.7 Å². The van der Waals surface area contributed by atoms with Crippen LogP contribution in [0.2, 0.25) is 13.1 Å². The molecule has 1 saturated heterocycles. The van der Waals surface area contributed by atoms with Gasteiger partial charge in [-0.3, -0.25) is 14.4 Å². The largest absolute Gasteiger partial charge is 0.481 e. The highest BCUT2D eigenvalue weighted by molar-refractivity contribution is 6.48. The van der Waals surface area contributed by atoms with Crippen molar-refractivity contribution in [3.8, 4) is 0 Å². The van der Waals surface area contributed by atoms with Crippen LogP contribution in [0.4, 0.5) is 0 Å². The van der Waals surface area contributed by atoms with E-state index in [1.54, 1.807) is 27.7 Å². The van der Waals surface area contributed by atoms with Crippen molar-refractivity contribution in [1.82, 2.24) is 4.90 Å². The van der Waals surface area contributed by atoms with E-state index in [2.05, 4.69) is 13.1 Å². The summed E-state index contributed by atoms with van der Waals surface area (Å²) in [5.74, 6) is -3.11.